The Balaban J connectivity index is 1.93. The van der Waals surface area contributed by atoms with Crippen LogP contribution in [0, 0.1) is 6.92 Å². The molecule has 0 saturated carbocycles. The van der Waals surface area contributed by atoms with Crippen LogP contribution in [-0.4, -0.2) is 26.0 Å². The minimum Gasteiger partial charge on any atom is -0.444 e. The van der Waals surface area contributed by atoms with Crippen molar-refractivity contribution in [2.75, 3.05) is 0 Å². The van der Waals surface area contributed by atoms with E-state index in [0.29, 0.717) is 0 Å². The minimum absolute atomic E-state index is 0.0897. The molecule has 3 heterocycles. The van der Waals surface area contributed by atoms with Crippen LogP contribution in [-0.2, 0) is 4.74 Å². The van der Waals surface area contributed by atoms with Crippen molar-refractivity contribution in [3.63, 3.8) is 0 Å². The number of carbonyl (C=O) groups excluding carboxylic acids is 1. The first-order valence-electron chi connectivity index (χ1n) is 9.41. The zero-order valence-electron chi connectivity index (χ0n) is 16.7. The topological polar surface area (TPSA) is 46.8 Å². The normalized spacial score (nSPS) is 19.1. The second kappa shape index (κ2) is 6.62. The zero-order valence-corrected chi connectivity index (χ0v) is 18.3. The van der Waals surface area contributed by atoms with Gasteiger partial charge in [-0.2, -0.15) is 0 Å². The summed E-state index contributed by atoms with van der Waals surface area (Å²) in [6, 6.07) is 11.8. The van der Waals surface area contributed by atoms with E-state index < -0.39 is 5.60 Å². The molecule has 0 radical (unpaired) electrons. The first kappa shape index (κ1) is 19.0. The van der Waals surface area contributed by atoms with E-state index in [0.717, 1.165) is 32.6 Å². The Bertz CT molecular complexity index is 1070. The number of pyridine rings is 1. The summed E-state index contributed by atoms with van der Waals surface area (Å²) in [4.78, 5) is 19.8. The Kier molecular flexibility index (Phi) is 4.49. The molecule has 2 aromatic heterocycles. The minimum atomic E-state index is -0.562. The number of ether oxygens (including phenoxy) is 1. The molecule has 0 aliphatic carbocycles. The smallest absolute Gasteiger partial charge is 0.411 e. The Morgan fingerprint density at radius 1 is 1.14 bits per heavy atom. The van der Waals surface area contributed by atoms with Crippen molar-refractivity contribution in [1.29, 1.82) is 0 Å². The first-order chi connectivity index (χ1) is 13.2. The molecule has 28 heavy (non-hydrogen) atoms. The molecule has 5 nitrogen and oxygen atoms in total. The van der Waals surface area contributed by atoms with Gasteiger partial charge in [0, 0.05) is 10.7 Å². The number of carbonyl (C=O) groups is 1. The standard InChI is InChI=1S/C22H24BrN3O2/c1-13-19(25-12-15(23)10-11-18(25)24-13)20-17-9-7-6-8-16(17)14(2)26(20)21(27)28-22(3,4)5/h6-12,14,20H,1-5H3/t14-,20+/m0/s1. The van der Waals surface area contributed by atoms with Gasteiger partial charge < -0.3 is 9.14 Å². The second-order valence-corrected chi connectivity index (χ2v) is 9.17. The SMILES string of the molecule is Cc1nc2ccc(Br)cn2c1[C@H]1c2ccccc2[C@H](C)N1C(=O)OC(C)(C)C. The van der Waals surface area contributed by atoms with Gasteiger partial charge in [0.25, 0.3) is 0 Å². The molecule has 0 saturated heterocycles. The van der Waals surface area contributed by atoms with Crippen LogP contribution in [0.2, 0.25) is 0 Å². The molecule has 1 aliphatic rings. The van der Waals surface area contributed by atoms with Crippen molar-refractivity contribution >= 4 is 27.7 Å². The summed E-state index contributed by atoms with van der Waals surface area (Å²) < 4.78 is 8.80. The number of benzene rings is 1. The van der Waals surface area contributed by atoms with Gasteiger partial charge in [0.1, 0.15) is 17.3 Å². The maximum atomic E-state index is 13.2. The van der Waals surface area contributed by atoms with Crippen LogP contribution in [0.5, 0.6) is 0 Å². The Morgan fingerprint density at radius 3 is 2.50 bits per heavy atom. The van der Waals surface area contributed by atoms with E-state index in [1.165, 1.54) is 0 Å². The number of hydrogen-bond donors (Lipinski definition) is 0. The lowest BCUT2D eigenvalue weighted by atomic mass is 10.00. The molecule has 0 bridgehead atoms. The van der Waals surface area contributed by atoms with E-state index >= 15 is 0 Å². The molecular weight excluding hydrogens is 418 g/mol. The number of hydrogen-bond acceptors (Lipinski definition) is 3. The fourth-order valence-corrected chi connectivity index (χ4v) is 4.34. The van der Waals surface area contributed by atoms with E-state index in [1.807, 2.05) is 63.1 Å². The molecule has 6 heteroatoms. The van der Waals surface area contributed by atoms with E-state index in [-0.39, 0.29) is 18.2 Å². The van der Waals surface area contributed by atoms with E-state index in [9.17, 15) is 4.79 Å². The van der Waals surface area contributed by atoms with E-state index in [1.54, 1.807) is 0 Å². The molecule has 1 aliphatic heterocycles. The number of halogens is 1. The van der Waals surface area contributed by atoms with Crippen LogP contribution in [0.15, 0.2) is 47.1 Å². The highest BCUT2D eigenvalue weighted by Crippen LogP contribution is 2.46. The molecular formula is C22H24BrN3O2. The number of imidazole rings is 1. The maximum Gasteiger partial charge on any atom is 0.411 e. The molecule has 1 aromatic carbocycles. The van der Waals surface area contributed by atoms with Crippen molar-refractivity contribution in [3.05, 3.63) is 69.6 Å². The monoisotopic (exact) mass is 441 g/mol. The van der Waals surface area contributed by atoms with Crippen LogP contribution in [0.1, 0.15) is 62.3 Å². The van der Waals surface area contributed by atoms with Gasteiger partial charge >= 0.3 is 6.09 Å². The predicted octanol–water partition coefficient (Wildman–Crippen LogP) is 5.81. The molecule has 0 spiro atoms. The van der Waals surface area contributed by atoms with Crippen molar-refractivity contribution in [2.24, 2.45) is 0 Å². The Morgan fingerprint density at radius 2 is 1.82 bits per heavy atom. The van der Waals surface area contributed by atoms with E-state index in [2.05, 4.69) is 39.4 Å². The van der Waals surface area contributed by atoms with E-state index in [4.69, 9.17) is 9.72 Å². The summed E-state index contributed by atoms with van der Waals surface area (Å²) in [5.41, 5.74) is 4.44. The highest BCUT2D eigenvalue weighted by atomic mass is 79.9. The molecule has 1 amide bonds. The second-order valence-electron chi connectivity index (χ2n) is 8.25. The number of amides is 1. The van der Waals surface area contributed by atoms with Crippen molar-refractivity contribution in [2.45, 2.75) is 52.3 Å². The third kappa shape index (κ3) is 3.09. The lowest BCUT2D eigenvalue weighted by Gasteiger charge is -2.32. The molecule has 0 unspecified atom stereocenters. The van der Waals surface area contributed by atoms with Crippen LogP contribution in [0.4, 0.5) is 4.79 Å². The Hall–Kier alpha value is -2.34. The van der Waals surface area contributed by atoms with Gasteiger partial charge in [-0.1, -0.05) is 24.3 Å². The van der Waals surface area contributed by atoms with Crippen molar-refractivity contribution in [3.8, 4) is 0 Å². The quantitative estimate of drug-likeness (QED) is 0.478. The number of rotatable bonds is 1. The van der Waals surface area contributed by atoms with Gasteiger partial charge in [-0.05, 0) is 73.8 Å². The average molecular weight is 442 g/mol. The number of aromatic nitrogens is 2. The summed E-state index contributed by atoms with van der Waals surface area (Å²) in [5.74, 6) is 0. The lowest BCUT2D eigenvalue weighted by Crippen LogP contribution is -2.38. The molecule has 0 fully saturated rings. The zero-order chi connectivity index (χ0) is 20.2. The maximum absolute atomic E-state index is 13.2. The van der Waals surface area contributed by atoms with Crippen molar-refractivity contribution < 1.29 is 9.53 Å². The van der Waals surface area contributed by atoms with Crippen LogP contribution >= 0.6 is 15.9 Å². The van der Waals surface area contributed by atoms with Crippen molar-refractivity contribution in [1.82, 2.24) is 14.3 Å². The Labute approximate surface area is 173 Å². The van der Waals surface area contributed by atoms with Gasteiger partial charge in [-0.15, -0.1) is 0 Å². The van der Waals surface area contributed by atoms with Crippen LogP contribution in [0.25, 0.3) is 5.65 Å². The highest BCUT2D eigenvalue weighted by Gasteiger charge is 2.43. The molecule has 146 valence electrons. The van der Waals surface area contributed by atoms with Gasteiger partial charge in [-0.3, -0.25) is 4.90 Å². The fourth-order valence-electron chi connectivity index (χ4n) is 4.00. The molecule has 0 N–H and O–H groups in total. The summed E-state index contributed by atoms with van der Waals surface area (Å²) >= 11 is 3.56. The highest BCUT2D eigenvalue weighted by molar-refractivity contribution is 9.10. The van der Waals surface area contributed by atoms with Gasteiger partial charge in [0.15, 0.2) is 0 Å². The van der Waals surface area contributed by atoms with Gasteiger partial charge in [0.05, 0.1) is 17.4 Å². The molecule has 4 rings (SSSR count). The van der Waals surface area contributed by atoms with Crippen LogP contribution in [0.3, 0.4) is 0 Å². The number of fused-ring (bicyclic) bond motifs is 2. The third-order valence-corrected chi connectivity index (χ3v) is 5.57. The van der Waals surface area contributed by atoms with Crippen LogP contribution < -0.4 is 0 Å². The number of nitrogens with zero attached hydrogens (tertiary/aromatic N) is 3. The molecule has 2 atom stereocenters. The largest absolute Gasteiger partial charge is 0.444 e. The third-order valence-electron chi connectivity index (χ3n) is 5.10. The fraction of sp³-hybridized carbons (Fsp3) is 0.364. The first-order valence-corrected chi connectivity index (χ1v) is 10.2. The summed E-state index contributed by atoms with van der Waals surface area (Å²) in [5, 5.41) is 0. The van der Waals surface area contributed by atoms with Gasteiger partial charge in [0.2, 0.25) is 0 Å². The lowest BCUT2D eigenvalue weighted by molar-refractivity contribution is 0.0139. The van der Waals surface area contributed by atoms with Gasteiger partial charge in [-0.25, -0.2) is 9.78 Å². The summed E-state index contributed by atoms with van der Waals surface area (Å²) in [6.07, 6.45) is 1.69. The average Bonchev–Trinajstić information content (AvgIpc) is 3.07. The summed E-state index contributed by atoms with van der Waals surface area (Å²) in [7, 11) is 0. The molecule has 3 aromatic rings. The number of aryl methyl sites for hydroxylation is 1. The predicted molar refractivity (Wildman–Crippen MR) is 112 cm³/mol. The summed E-state index contributed by atoms with van der Waals surface area (Å²) in [6.45, 7) is 9.73.